The Morgan fingerprint density at radius 1 is 1.42 bits per heavy atom. The number of benzene rings is 1. The molecular weight excluding hydrogens is 269 g/mol. The van der Waals surface area contributed by atoms with Gasteiger partial charge >= 0.3 is 0 Å². The van der Waals surface area contributed by atoms with Gasteiger partial charge in [0.25, 0.3) is 10.0 Å². The van der Waals surface area contributed by atoms with Crippen LogP contribution in [0.2, 0.25) is 0 Å². The van der Waals surface area contributed by atoms with E-state index >= 15 is 0 Å². The number of nitrogens with zero attached hydrogens (tertiary/aromatic N) is 2. The number of rotatable bonds is 3. The van der Waals surface area contributed by atoms with Crippen LogP contribution in [-0.4, -0.2) is 23.4 Å². The molecule has 1 aromatic heterocycles. The monoisotopic (exact) mass is 283 g/mol. The lowest BCUT2D eigenvalue weighted by Gasteiger charge is -2.05. The summed E-state index contributed by atoms with van der Waals surface area (Å²) in [7, 11) is -3.42. The van der Waals surface area contributed by atoms with Crippen LogP contribution in [0.15, 0.2) is 24.5 Å². The minimum absolute atomic E-state index is 0.0201. The molecule has 19 heavy (non-hydrogen) atoms. The number of aromatic nitrogens is 2. The number of anilines is 1. The number of hydrogen-bond donors (Lipinski definition) is 1. The van der Waals surface area contributed by atoms with Gasteiger partial charge in [-0.1, -0.05) is 0 Å². The second-order valence-electron chi connectivity index (χ2n) is 4.19. The first-order valence-electron chi connectivity index (χ1n) is 5.69. The number of halogens is 1. The van der Waals surface area contributed by atoms with Gasteiger partial charge < -0.3 is 5.73 Å². The summed E-state index contributed by atoms with van der Waals surface area (Å²) in [4.78, 5) is 0. The summed E-state index contributed by atoms with van der Waals surface area (Å²) < 4.78 is 37.5. The molecule has 0 atom stereocenters. The predicted molar refractivity (Wildman–Crippen MR) is 71.6 cm³/mol. The average Bonchev–Trinajstić information content (AvgIpc) is 2.84. The Kier molecular flexibility index (Phi) is 3.32. The minimum atomic E-state index is -3.42. The van der Waals surface area contributed by atoms with Crippen LogP contribution in [0.1, 0.15) is 12.5 Å². The zero-order valence-electron chi connectivity index (χ0n) is 10.6. The number of hydrogen-bond acceptors (Lipinski definition) is 4. The van der Waals surface area contributed by atoms with Crippen molar-refractivity contribution in [1.82, 2.24) is 9.19 Å². The first-order valence-corrected chi connectivity index (χ1v) is 7.30. The van der Waals surface area contributed by atoms with Gasteiger partial charge in [-0.05, 0) is 37.1 Å². The Morgan fingerprint density at radius 3 is 2.74 bits per heavy atom. The summed E-state index contributed by atoms with van der Waals surface area (Å²) in [6.45, 7) is 3.27. The molecule has 102 valence electrons. The Labute approximate surface area is 110 Å². The standard InChI is InChI=1S/C12H14FN3O2S/c1-3-19(17,18)16-7-9(6-15-16)10-5-12(14)11(13)4-8(10)2/h4-7H,3,14H2,1-2H3. The van der Waals surface area contributed by atoms with Crippen LogP contribution in [0.5, 0.6) is 0 Å². The number of nitrogen functional groups attached to an aromatic ring is 1. The lowest BCUT2D eigenvalue weighted by Crippen LogP contribution is -2.14. The van der Waals surface area contributed by atoms with E-state index in [-0.39, 0.29) is 11.4 Å². The number of aryl methyl sites for hydroxylation is 1. The van der Waals surface area contributed by atoms with Gasteiger partial charge in [0.05, 0.1) is 23.8 Å². The zero-order chi connectivity index (χ0) is 14.2. The topological polar surface area (TPSA) is 78.0 Å². The summed E-state index contributed by atoms with van der Waals surface area (Å²) in [5.41, 5.74) is 7.46. The van der Waals surface area contributed by atoms with Gasteiger partial charge in [0.15, 0.2) is 0 Å². The Hall–Kier alpha value is -1.89. The van der Waals surface area contributed by atoms with E-state index in [0.717, 1.165) is 4.09 Å². The largest absolute Gasteiger partial charge is 0.396 e. The highest BCUT2D eigenvalue weighted by Gasteiger charge is 2.14. The maximum atomic E-state index is 13.3. The first kappa shape index (κ1) is 13.5. The Balaban J connectivity index is 2.53. The van der Waals surface area contributed by atoms with Gasteiger partial charge in [-0.2, -0.15) is 9.19 Å². The SMILES string of the molecule is CCS(=O)(=O)n1cc(-c2cc(N)c(F)cc2C)cn1. The van der Waals surface area contributed by atoms with Crippen molar-refractivity contribution in [2.75, 3.05) is 11.5 Å². The zero-order valence-corrected chi connectivity index (χ0v) is 11.4. The van der Waals surface area contributed by atoms with E-state index in [2.05, 4.69) is 5.10 Å². The molecule has 0 saturated carbocycles. The van der Waals surface area contributed by atoms with Crippen LogP contribution in [0.4, 0.5) is 10.1 Å². The van der Waals surface area contributed by atoms with Crippen molar-refractivity contribution in [3.05, 3.63) is 35.9 Å². The molecule has 0 spiro atoms. The van der Waals surface area contributed by atoms with Gasteiger partial charge in [0, 0.05) is 5.56 Å². The second-order valence-corrected chi connectivity index (χ2v) is 6.31. The highest BCUT2D eigenvalue weighted by atomic mass is 32.2. The van der Waals surface area contributed by atoms with Crippen molar-refractivity contribution < 1.29 is 12.8 Å². The summed E-state index contributed by atoms with van der Waals surface area (Å²) in [5.74, 6) is -0.534. The van der Waals surface area contributed by atoms with Gasteiger partial charge in [-0.25, -0.2) is 12.8 Å². The van der Waals surface area contributed by atoms with Gasteiger partial charge in [0.2, 0.25) is 0 Å². The van der Waals surface area contributed by atoms with Gasteiger partial charge in [-0.15, -0.1) is 0 Å². The molecule has 0 fully saturated rings. The molecule has 2 N–H and O–H groups in total. The molecule has 0 radical (unpaired) electrons. The fraction of sp³-hybridized carbons (Fsp3) is 0.250. The molecule has 7 heteroatoms. The van der Waals surface area contributed by atoms with Crippen molar-refractivity contribution in [2.24, 2.45) is 0 Å². The van der Waals surface area contributed by atoms with Crippen molar-refractivity contribution in [3.63, 3.8) is 0 Å². The molecule has 2 rings (SSSR count). The third-order valence-corrected chi connectivity index (χ3v) is 4.36. The van der Waals surface area contributed by atoms with Crippen LogP contribution in [0, 0.1) is 12.7 Å². The van der Waals surface area contributed by atoms with E-state index in [1.807, 2.05) is 0 Å². The quantitative estimate of drug-likeness (QED) is 0.871. The summed E-state index contributed by atoms with van der Waals surface area (Å²) in [6, 6.07) is 2.79. The smallest absolute Gasteiger partial charge is 0.253 e. The fourth-order valence-corrected chi connectivity index (χ4v) is 2.46. The third kappa shape index (κ3) is 2.46. The molecule has 5 nitrogen and oxygen atoms in total. The molecule has 2 aromatic rings. The molecule has 0 aliphatic rings. The van der Waals surface area contributed by atoms with Crippen LogP contribution in [-0.2, 0) is 10.0 Å². The van der Waals surface area contributed by atoms with E-state index in [1.165, 1.54) is 31.5 Å². The Morgan fingerprint density at radius 2 is 2.11 bits per heavy atom. The van der Waals surface area contributed by atoms with Crippen molar-refractivity contribution >= 4 is 15.7 Å². The summed E-state index contributed by atoms with van der Waals surface area (Å²) in [5, 5.41) is 3.82. The second kappa shape index (κ2) is 4.65. The molecular formula is C12H14FN3O2S. The Bertz CT molecular complexity index is 723. The van der Waals surface area contributed by atoms with E-state index < -0.39 is 15.8 Å². The molecule has 0 aliphatic heterocycles. The number of nitrogens with two attached hydrogens (primary N) is 1. The van der Waals surface area contributed by atoms with Crippen LogP contribution in [0.25, 0.3) is 11.1 Å². The van der Waals surface area contributed by atoms with Gasteiger partial charge in [-0.3, -0.25) is 0 Å². The van der Waals surface area contributed by atoms with Crippen LogP contribution in [0.3, 0.4) is 0 Å². The van der Waals surface area contributed by atoms with E-state index in [0.29, 0.717) is 16.7 Å². The predicted octanol–water partition coefficient (Wildman–Crippen LogP) is 1.78. The summed E-state index contributed by atoms with van der Waals surface area (Å²) >= 11 is 0. The minimum Gasteiger partial charge on any atom is -0.396 e. The van der Waals surface area contributed by atoms with E-state index in [4.69, 9.17) is 5.73 Å². The van der Waals surface area contributed by atoms with Crippen molar-refractivity contribution in [2.45, 2.75) is 13.8 Å². The fourth-order valence-electron chi connectivity index (χ4n) is 1.73. The molecule has 0 saturated heterocycles. The lowest BCUT2D eigenvalue weighted by molar-refractivity contribution is 0.581. The maximum Gasteiger partial charge on any atom is 0.253 e. The molecule has 1 aromatic carbocycles. The molecule has 1 heterocycles. The summed E-state index contributed by atoms with van der Waals surface area (Å²) in [6.07, 6.45) is 2.82. The highest BCUT2D eigenvalue weighted by molar-refractivity contribution is 7.89. The van der Waals surface area contributed by atoms with Crippen LogP contribution < -0.4 is 5.73 Å². The third-order valence-electron chi connectivity index (χ3n) is 2.86. The molecule has 0 amide bonds. The lowest BCUT2D eigenvalue weighted by atomic mass is 10.0. The maximum absolute atomic E-state index is 13.3. The van der Waals surface area contributed by atoms with Gasteiger partial charge in [0.1, 0.15) is 5.82 Å². The molecule has 0 aliphatic carbocycles. The first-order chi connectivity index (χ1) is 8.85. The van der Waals surface area contributed by atoms with Crippen LogP contribution >= 0.6 is 0 Å². The molecule has 0 unspecified atom stereocenters. The van der Waals surface area contributed by atoms with E-state index in [9.17, 15) is 12.8 Å². The van der Waals surface area contributed by atoms with Crippen molar-refractivity contribution in [1.29, 1.82) is 0 Å². The average molecular weight is 283 g/mol. The van der Waals surface area contributed by atoms with Crippen molar-refractivity contribution in [3.8, 4) is 11.1 Å². The molecule has 0 bridgehead atoms. The highest BCUT2D eigenvalue weighted by Crippen LogP contribution is 2.27. The van der Waals surface area contributed by atoms with E-state index in [1.54, 1.807) is 6.92 Å². The normalized spacial score (nSPS) is 11.7.